The lowest BCUT2D eigenvalue weighted by Crippen LogP contribution is -2.41. The monoisotopic (exact) mass is 392 g/mol. The Kier molecular flexibility index (Phi) is 4.20. The molecule has 134 valence electrons. The van der Waals surface area contributed by atoms with Crippen LogP contribution in [0.3, 0.4) is 0 Å². The molecule has 4 rings (SSSR count). The van der Waals surface area contributed by atoms with E-state index in [9.17, 15) is 9.18 Å². The molecule has 10 heteroatoms. The molecule has 3 heterocycles. The van der Waals surface area contributed by atoms with Crippen LogP contribution in [-0.2, 0) is 6.54 Å². The highest BCUT2D eigenvalue weighted by atomic mass is 35.5. The average molecular weight is 393 g/mol. The normalized spacial score (nSPS) is 16.6. The number of carbonyl (C=O) groups excluding carboxylic acids is 1. The molecular formula is C16H14ClFN6OS. The lowest BCUT2D eigenvalue weighted by molar-refractivity contribution is 0.0638. The van der Waals surface area contributed by atoms with Crippen molar-refractivity contribution >= 4 is 29.0 Å². The van der Waals surface area contributed by atoms with Gasteiger partial charge in [0.05, 0.1) is 11.1 Å². The zero-order valence-corrected chi connectivity index (χ0v) is 15.6. The van der Waals surface area contributed by atoms with Gasteiger partial charge in [-0.3, -0.25) is 4.79 Å². The van der Waals surface area contributed by atoms with Crippen molar-refractivity contribution in [2.75, 3.05) is 6.54 Å². The summed E-state index contributed by atoms with van der Waals surface area (Å²) in [5.74, 6) is 1.26. The van der Waals surface area contributed by atoms with E-state index >= 15 is 0 Å². The number of fused-ring (bicyclic) bond motifs is 1. The first-order valence-corrected chi connectivity index (χ1v) is 9.10. The summed E-state index contributed by atoms with van der Waals surface area (Å²) in [6.07, 6.45) is 0. The van der Waals surface area contributed by atoms with E-state index in [1.807, 2.05) is 18.4 Å². The van der Waals surface area contributed by atoms with Crippen LogP contribution < -0.4 is 0 Å². The van der Waals surface area contributed by atoms with E-state index < -0.39 is 5.82 Å². The second-order valence-electron chi connectivity index (χ2n) is 5.98. The average Bonchev–Trinajstić information content (AvgIpc) is 3.23. The molecule has 0 aliphatic carbocycles. The highest BCUT2D eigenvalue weighted by Crippen LogP contribution is 2.30. The van der Waals surface area contributed by atoms with E-state index in [4.69, 9.17) is 11.6 Å². The number of aromatic nitrogens is 5. The Morgan fingerprint density at radius 1 is 1.35 bits per heavy atom. The van der Waals surface area contributed by atoms with Gasteiger partial charge in [0, 0.05) is 18.7 Å². The molecule has 7 nitrogen and oxygen atoms in total. The maximum absolute atomic E-state index is 13.4. The predicted molar refractivity (Wildman–Crippen MR) is 94.5 cm³/mol. The molecule has 0 bridgehead atoms. The zero-order chi connectivity index (χ0) is 18.4. The first-order chi connectivity index (χ1) is 12.5. The zero-order valence-electron chi connectivity index (χ0n) is 14.0. The van der Waals surface area contributed by atoms with Crippen LogP contribution in [0.15, 0.2) is 18.2 Å². The van der Waals surface area contributed by atoms with E-state index in [1.165, 1.54) is 29.7 Å². The number of carbonyl (C=O) groups is 1. The summed E-state index contributed by atoms with van der Waals surface area (Å²) < 4.78 is 19.5. The lowest BCUT2D eigenvalue weighted by atomic mass is 10.1. The summed E-state index contributed by atoms with van der Waals surface area (Å²) >= 11 is 7.08. The number of halogens is 2. The predicted octanol–water partition coefficient (Wildman–Crippen LogP) is 3.11. The smallest absolute Gasteiger partial charge is 0.254 e. The fourth-order valence-electron chi connectivity index (χ4n) is 3.00. The van der Waals surface area contributed by atoms with Gasteiger partial charge in [0.25, 0.3) is 5.91 Å². The van der Waals surface area contributed by atoms with Crippen molar-refractivity contribution in [2.45, 2.75) is 26.4 Å². The van der Waals surface area contributed by atoms with Crippen molar-refractivity contribution in [1.29, 1.82) is 0 Å². The van der Waals surface area contributed by atoms with Gasteiger partial charge >= 0.3 is 0 Å². The Morgan fingerprint density at radius 2 is 2.15 bits per heavy atom. The maximum atomic E-state index is 13.4. The Hall–Kier alpha value is -2.39. The molecule has 0 radical (unpaired) electrons. The molecule has 1 aromatic carbocycles. The molecule has 26 heavy (non-hydrogen) atoms. The summed E-state index contributed by atoms with van der Waals surface area (Å²) in [5.41, 5.74) is 0.344. The number of nitrogens with zero attached hydrogens (tertiary/aromatic N) is 6. The van der Waals surface area contributed by atoms with E-state index in [0.29, 0.717) is 41.1 Å². The molecule has 1 atom stereocenters. The molecule has 1 aliphatic rings. The third-order valence-corrected chi connectivity index (χ3v) is 5.42. The van der Waals surface area contributed by atoms with Gasteiger partial charge in [-0.15, -0.1) is 10.2 Å². The summed E-state index contributed by atoms with van der Waals surface area (Å²) in [5, 5.41) is 9.12. The molecule has 1 aliphatic heterocycles. The van der Waals surface area contributed by atoms with E-state index in [2.05, 4.69) is 19.6 Å². The van der Waals surface area contributed by atoms with E-state index in [-0.39, 0.29) is 17.0 Å². The quantitative estimate of drug-likeness (QED) is 0.669. The van der Waals surface area contributed by atoms with Gasteiger partial charge in [0.15, 0.2) is 16.7 Å². The highest BCUT2D eigenvalue weighted by molar-refractivity contribution is 7.09. The van der Waals surface area contributed by atoms with Crippen LogP contribution in [0.2, 0.25) is 5.02 Å². The van der Waals surface area contributed by atoms with E-state index in [0.717, 1.165) is 0 Å². The molecule has 0 spiro atoms. The standard InChI is InChI=1S/C16H14ClFN6OS/c1-8-13-20-21-14(15-19-9(2)22-26-15)24(13)6-5-23(8)16(25)10-3-4-12(18)11(17)7-10/h3-4,7-8H,5-6H2,1-2H3. The minimum atomic E-state index is -0.549. The Morgan fingerprint density at radius 3 is 2.85 bits per heavy atom. The van der Waals surface area contributed by atoms with Crippen LogP contribution in [0, 0.1) is 12.7 Å². The topological polar surface area (TPSA) is 76.8 Å². The summed E-state index contributed by atoms with van der Waals surface area (Å²) in [7, 11) is 0. The minimum absolute atomic E-state index is 0.0717. The molecule has 0 saturated carbocycles. The third kappa shape index (κ3) is 2.77. The molecular weight excluding hydrogens is 379 g/mol. The van der Waals surface area contributed by atoms with Gasteiger partial charge in [0.2, 0.25) is 0 Å². The van der Waals surface area contributed by atoms with Gasteiger partial charge in [-0.2, -0.15) is 4.37 Å². The summed E-state index contributed by atoms with van der Waals surface area (Å²) in [4.78, 5) is 18.9. The summed E-state index contributed by atoms with van der Waals surface area (Å²) in [6, 6.07) is 3.70. The van der Waals surface area contributed by atoms with Crippen LogP contribution in [0.5, 0.6) is 0 Å². The van der Waals surface area contributed by atoms with Crippen LogP contribution in [0.1, 0.15) is 35.0 Å². The number of benzene rings is 1. The molecule has 0 fully saturated rings. The minimum Gasteiger partial charge on any atom is -0.327 e. The third-order valence-electron chi connectivity index (χ3n) is 4.33. The van der Waals surface area contributed by atoms with Crippen molar-refractivity contribution < 1.29 is 9.18 Å². The summed E-state index contributed by atoms with van der Waals surface area (Å²) in [6.45, 7) is 4.73. The number of hydrogen-bond acceptors (Lipinski definition) is 6. The second-order valence-corrected chi connectivity index (χ2v) is 7.14. The lowest BCUT2D eigenvalue weighted by Gasteiger charge is -2.33. The first-order valence-electron chi connectivity index (χ1n) is 7.95. The second kappa shape index (κ2) is 6.40. The van der Waals surface area contributed by atoms with Crippen LogP contribution in [-0.4, -0.2) is 41.5 Å². The SMILES string of the molecule is Cc1nsc(-c2nnc3n2CCN(C(=O)c2ccc(F)c(Cl)c2)C3C)n1. The van der Waals surface area contributed by atoms with Gasteiger partial charge in [-0.05, 0) is 43.6 Å². The maximum Gasteiger partial charge on any atom is 0.254 e. The van der Waals surface area contributed by atoms with Crippen molar-refractivity contribution in [3.63, 3.8) is 0 Å². The van der Waals surface area contributed by atoms with Gasteiger partial charge < -0.3 is 9.47 Å². The molecule has 1 unspecified atom stereocenters. The highest BCUT2D eigenvalue weighted by Gasteiger charge is 2.32. The van der Waals surface area contributed by atoms with Crippen molar-refractivity contribution in [2.24, 2.45) is 0 Å². The number of aryl methyl sites for hydroxylation is 1. The largest absolute Gasteiger partial charge is 0.327 e. The van der Waals surface area contributed by atoms with Crippen molar-refractivity contribution in [1.82, 2.24) is 29.0 Å². The van der Waals surface area contributed by atoms with Crippen LogP contribution in [0.4, 0.5) is 4.39 Å². The Bertz CT molecular complexity index is 1000. The van der Waals surface area contributed by atoms with Crippen molar-refractivity contribution in [3.05, 3.63) is 46.3 Å². The fourth-order valence-corrected chi connectivity index (χ4v) is 3.85. The van der Waals surface area contributed by atoms with Crippen LogP contribution >= 0.6 is 23.1 Å². The van der Waals surface area contributed by atoms with Gasteiger partial charge in [-0.25, -0.2) is 9.37 Å². The number of hydrogen-bond donors (Lipinski definition) is 0. The Labute approximate surface area is 157 Å². The number of rotatable bonds is 2. The molecule has 3 aromatic rings. The van der Waals surface area contributed by atoms with Crippen LogP contribution in [0.25, 0.3) is 10.8 Å². The van der Waals surface area contributed by atoms with E-state index in [1.54, 1.807) is 4.90 Å². The molecule has 0 saturated heterocycles. The molecule has 2 aromatic heterocycles. The molecule has 0 N–H and O–H groups in total. The van der Waals surface area contributed by atoms with Gasteiger partial charge in [-0.1, -0.05) is 11.6 Å². The fraction of sp³-hybridized carbons (Fsp3) is 0.312. The van der Waals surface area contributed by atoms with Crippen molar-refractivity contribution in [3.8, 4) is 10.8 Å². The first kappa shape index (κ1) is 17.0. The van der Waals surface area contributed by atoms with Gasteiger partial charge in [0.1, 0.15) is 11.6 Å². The number of amides is 1. The Balaban J connectivity index is 1.64. The molecule has 1 amide bonds.